The van der Waals surface area contributed by atoms with Crippen molar-refractivity contribution in [1.29, 1.82) is 0 Å². The van der Waals surface area contributed by atoms with Crippen LogP contribution >= 0.6 is 0 Å². The molecule has 12 nitrogen and oxygen atoms in total. The molecule has 180 valence electrons. The standard InChI is InChI=1S/6C3H6O2/c6*1-2-3(4)5/h6*2H2,1H3,(H,4,5). The Labute approximate surface area is 176 Å². The van der Waals surface area contributed by atoms with E-state index in [1.165, 1.54) is 0 Å². The first-order valence-corrected chi connectivity index (χ1v) is 8.93. The molecule has 0 atom stereocenters. The number of carboxylic acids is 6. The first-order chi connectivity index (χ1) is 13.6. The van der Waals surface area contributed by atoms with Gasteiger partial charge in [0.15, 0.2) is 0 Å². The smallest absolute Gasteiger partial charge is 0.303 e. The van der Waals surface area contributed by atoms with Crippen LogP contribution in [0.25, 0.3) is 0 Å². The van der Waals surface area contributed by atoms with Crippen molar-refractivity contribution < 1.29 is 59.4 Å². The predicted octanol–water partition coefficient (Wildman–Crippen LogP) is 2.89. The molecular formula is C18H36O12. The van der Waals surface area contributed by atoms with Crippen LogP contribution in [0.15, 0.2) is 0 Å². The average Bonchev–Trinajstić information content (AvgIpc) is 2.69. The fourth-order valence-corrected chi connectivity index (χ4v) is 0. The maximum atomic E-state index is 9.37. The van der Waals surface area contributed by atoms with E-state index in [-0.39, 0.29) is 38.5 Å². The number of hydrogen-bond acceptors (Lipinski definition) is 6. The lowest BCUT2D eigenvalue weighted by molar-refractivity contribution is -0.137. The van der Waals surface area contributed by atoms with E-state index in [9.17, 15) is 28.8 Å². The highest BCUT2D eigenvalue weighted by molar-refractivity contribution is 5.67. The molecule has 0 saturated carbocycles. The third-order valence-corrected chi connectivity index (χ3v) is 1.81. The normalized spacial score (nSPS) is 7.40. The first-order valence-electron chi connectivity index (χ1n) is 8.93. The Bertz CT molecular complexity index is 350. The van der Waals surface area contributed by atoms with Crippen LogP contribution in [0.3, 0.4) is 0 Å². The summed E-state index contributed by atoms with van der Waals surface area (Å²) in [4.78, 5) is 56.2. The van der Waals surface area contributed by atoms with Gasteiger partial charge in [-0.25, -0.2) is 0 Å². The minimum Gasteiger partial charge on any atom is -0.481 e. The highest BCUT2D eigenvalue weighted by Crippen LogP contribution is 1.69. The van der Waals surface area contributed by atoms with E-state index in [1.807, 2.05) is 0 Å². The van der Waals surface area contributed by atoms with Crippen LogP contribution in [-0.4, -0.2) is 66.5 Å². The number of aliphatic carboxylic acids is 6. The van der Waals surface area contributed by atoms with Crippen molar-refractivity contribution in [2.75, 3.05) is 0 Å². The minimum atomic E-state index is -0.745. The summed E-state index contributed by atoms with van der Waals surface area (Å²) in [6.45, 7) is 9.60. The number of carbonyl (C=O) groups is 6. The summed E-state index contributed by atoms with van der Waals surface area (Å²) in [5.74, 6) is -4.47. The van der Waals surface area contributed by atoms with Gasteiger partial charge in [-0.3, -0.25) is 28.8 Å². The molecule has 0 radical (unpaired) electrons. The lowest BCUT2D eigenvalue weighted by atomic mass is 10.5. The zero-order chi connectivity index (χ0) is 25.7. The van der Waals surface area contributed by atoms with Crippen molar-refractivity contribution >= 4 is 35.8 Å². The van der Waals surface area contributed by atoms with Crippen LogP contribution in [0, 0.1) is 0 Å². The van der Waals surface area contributed by atoms with Crippen LogP contribution in [0.2, 0.25) is 0 Å². The first kappa shape index (κ1) is 41.2. The highest BCUT2D eigenvalue weighted by Gasteiger charge is 1.83. The van der Waals surface area contributed by atoms with Gasteiger partial charge in [-0.05, 0) is 0 Å². The Morgan fingerprint density at radius 1 is 0.333 bits per heavy atom. The van der Waals surface area contributed by atoms with Crippen molar-refractivity contribution in [3.8, 4) is 0 Å². The summed E-state index contributed by atoms with van der Waals surface area (Å²) in [7, 11) is 0. The molecule has 0 aliphatic carbocycles. The van der Waals surface area contributed by atoms with Gasteiger partial charge in [0, 0.05) is 38.5 Å². The van der Waals surface area contributed by atoms with Crippen molar-refractivity contribution in [2.45, 2.75) is 80.1 Å². The molecule has 0 saturated heterocycles. The summed E-state index contributed by atoms with van der Waals surface area (Å²) in [6.07, 6.45) is 1.33. The zero-order valence-electron chi connectivity index (χ0n) is 18.4. The SMILES string of the molecule is CCC(=O)O.CCC(=O)O.CCC(=O)O.CCC(=O)O.CCC(=O)O.CCC(=O)O. The second-order valence-corrected chi connectivity index (χ2v) is 4.48. The molecule has 30 heavy (non-hydrogen) atoms. The van der Waals surface area contributed by atoms with E-state index < -0.39 is 35.8 Å². The van der Waals surface area contributed by atoms with Gasteiger partial charge < -0.3 is 30.6 Å². The summed E-state index contributed by atoms with van der Waals surface area (Å²) in [5, 5.41) is 46.3. The maximum absolute atomic E-state index is 9.37. The molecule has 12 heteroatoms. The summed E-state index contributed by atoms with van der Waals surface area (Å²) < 4.78 is 0. The van der Waals surface area contributed by atoms with Gasteiger partial charge >= 0.3 is 35.8 Å². The Kier molecular flexibility index (Phi) is 50.5. The maximum Gasteiger partial charge on any atom is 0.303 e. The number of carboxylic acid groups (broad SMARTS) is 6. The van der Waals surface area contributed by atoms with Gasteiger partial charge in [0.05, 0.1) is 0 Å². The quantitative estimate of drug-likeness (QED) is 0.348. The number of hydrogen-bond donors (Lipinski definition) is 6. The van der Waals surface area contributed by atoms with Crippen LogP contribution in [0.5, 0.6) is 0 Å². The van der Waals surface area contributed by atoms with Crippen LogP contribution in [0.4, 0.5) is 0 Å². The van der Waals surface area contributed by atoms with Gasteiger partial charge in [-0.1, -0.05) is 41.5 Å². The Morgan fingerprint density at radius 3 is 0.367 bits per heavy atom. The molecule has 0 fully saturated rings. The van der Waals surface area contributed by atoms with Gasteiger partial charge in [0.2, 0.25) is 0 Å². The topological polar surface area (TPSA) is 224 Å². The van der Waals surface area contributed by atoms with Gasteiger partial charge in [-0.15, -0.1) is 0 Å². The third kappa shape index (κ3) is 181. The van der Waals surface area contributed by atoms with Crippen LogP contribution < -0.4 is 0 Å². The summed E-state index contributed by atoms with van der Waals surface area (Å²) >= 11 is 0. The zero-order valence-corrected chi connectivity index (χ0v) is 18.4. The van der Waals surface area contributed by atoms with E-state index in [1.54, 1.807) is 41.5 Å². The fourth-order valence-electron chi connectivity index (χ4n) is 0. The molecule has 0 aromatic heterocycles. The van der Waals surface area contributed by atoms with E-state index in [2.05, 4.69) is 0 Å². The Balaban J connectivity index is -0.0000000576. The molecule has 0 aliphatic heterocycles. The van der Waals surface area contributed by atoms with Crippen molar-refractivity contribution in [1.82, 2.24) is 0 Å². The summed E-state index contributed by atoms with van der Waals surface area (Å²) in [5.41, 5.74) is 0. The predicted molar refractivity (Wildman–Crippen MR) is 108 cm³/mol. The van der Waals surface area contributed by atoms with Gasteiger partial charge in [-0.2, -0.15) is 0 Å². The van der Waals surface area contributed by atoms with E-state index in [0.717, 1.165) is 0 Å². The van der Waals surface area contributed by atoms with Gasteiger partial charge in [0.25, 0.3) is 0 Å². The minimum absolute atomic E-state index is 0.222. The van der Waals surface area contributed by atoms with E-state index in [0.29, 0.717) is 0 Å². The Hall–Kier alpha value is -3.18. The molecule has 0 spiro atoms. The van der Waals surface area contributed by atoms with Crippen molar-refractivity contribution in [3.05, 3.63) is 0 Å². The van der Waals surface area contributed by atoms with Gasteiger partial charge in [0.1, 0.15) is 0 Å². The second-order valence-electron chi connectivity index (χ2n) is 4.48. The van der Waals surface area contributed by atoms with Crippen LogP contribution in [0.1, 0.15) is 80.1 Å². The lowest BCUT2D eigenvalue weighted by Gasteiger charge is -1.71. The molecule has 0 amide bonds. The highest BCUT2D eigenvalue weighted by atomic mass is 16.4. The second kappa shape index (κ2) is 36.7. The fraction of sp³-hybridized carbons (Fsp3) is 0.667. The van der Waals surface area contributed by atoms with E-state index in [4.69, 9.17) is 30.6 Å². The van der Waals surface area contributed by atoms with E-state index >= 15 is 0 Å². The monoisotopic (exact) mass is 444 g/mol. The molecular weight excluding hydrogens is 408 g/mol. The van der Waals surface area contributed by atoms with Crippen molar-refractivity contribution in [3.63, 3.8) is 0 Å². The third-order valence-electron chi connectivity index (χ3n) is 1.81. The molecule has 0 aliphatic rings. The van der Waals surface area contributed by atoms with Crippen molar-refractivity contribution in [2.24, 2.45) is 0 Å². The largest absolute Gasteiger partial charge is 0.481 e. The molecule has 0 aromatic carbocycles. The Morgan fingerprint density at radius 2 is 0.367 bits per heavy atom. The molecule has 0 heterocycles. The molecule has 0 rings (SSSR count). The molecule has 6 N–H and O–H groups in total. The summed E-state index contributed by atoms with van der Waals surface area (Å²) in [6, 6.07) is 0. The molecule has 0 aromatic rings. The van der Waals surface area contributed by atoms with Crippen LogP contribution in [-0.2, 0) is 28.8 Å². The molecule has 0 bridgehead atoms. The average molecular weight is 444 g/mol. The number of rotatable bonds is 6. The lowest BCUT2D eigenvalue weighted by Crippen LogP contribution is -1.86. The molecule has 0 unspecified atom stereocenters.